The van der Waals surface area contributed by atoms with Crippen molar-refractivity contribution in [3.8, 4) is 5.95 Å². The molecule has 2 aliphatic heterocycles. The molecular formula is C27H34F6N6O5. The average molecular weight is 637 g/mol. The SMILES string of the molecule is CC(C)c1nn(-c2noc(C3CCN(CC4CCNCC4)CC3)n2)c2ccccc12.O=C(O)C(F)(F)F.O=C(O)C(F)(F)F. The van der Waals surface area contributed by atoms with Gasteiger partial charge in [-0.1, -0.05) is 32.0 Å². The molecule has 0 atom stereocenters. The lowest BCUT2D eigenvalue weighted by atomic mass is 9.93. The summed E-state index contributed by atoms with van der Waals surface area (Å²) < 4.78 is 71.0. The molecule has 11 nitrogen and oxygen atoms in total. The van der Waals surface area contributed by atoms with Gasteiger partial charge in [-0.25, -0.2) is 9.59 Å². The van der Waals surface area contributed by atoms with E-state index in [-0.39, 0.29) is 0 Å². The minimum Gasteiger partial charge on any atom is -0.475 e. The lowest BCUT2D eigenvalue weighted by Crippen LogP contribution is -2.39. The van der Waals surface area contributed by atoms with Gasteiger partial charge in [-0.15, -0.1) is 0 Å². The molecule has 0 unspecified atom stereocenters. The molecule has 0 radical (unpaired) electrons. The van der Waals surface area contributed by atoms with Gasteiger partial charge in [0.05, 0.1) is 11.2 Å². The Morgan fingerprint density at radius 3 is 2.05 bits per heavy atom. The van der Waals surface area contributed by atoms with Gasteiger partial charge < -0.3 is 25.0 Å². The number of rotatable bonds is 5. The number of aliphatic carboxylic acids is 2. The largest absolute Gasteiger partial charge is 0.490 e. The number of hydrogen-bond acceptors (Lipinski definition) is 8. The molecule has 2 saturated heterocycles. The molecule has 44 heavy (non-hydrogen) atoms. The van der Waals surface area contributed by atoms with E-state index in [2.05, 4.69) is 47.4 Å². The van der Waals surface area contributed by atoms with Crippen LogP contribution in [0.25, 0.3) is 16.9 Å². The van der Waals surface area contributed by atoms with Crippen molar-refractivity contribution in [3.63, 3.8) is 0 Å². The Morgan fingerprint density at radius 2 is 1.52 bits per heavy atom. The summed E-state index contributed by atoms with van der Waals surface area (Å²) in [6.07, 6.45) is -5.38. The summed E-state index contributed by atoms with van der Waals surface area (Å²) in [4.78, 5) is 25.2. The predicted octanol–water partition coefficient (Wildman–Crippen LogP) is 4.98. The molecule has 4 heterocycles. The Kier molecular flexibility index (Phi) is 11.7. The first-order chi connectivity index (χ1) is 20.6. The Hall–Kier alpha value is -3.73. The van der Waals surface area contributed by atoms with Gasteiger partial charge in [0, 0.05) is 17.8 Å². The zero-order valence-electron chi connectivity index (χ0n) is 24.0. The van der Waals surface area contributed by atoms with Crippen LogP contribution in [0.1, 0.15) is 63.0 Å². The van der Waals surface area contributed by atoms with Crippen LogP contribution < -0.4 is 5.32 Å². The fraction of sp³-hybridized carbons (Fsp3) is 0.593. The zero-order chi connectivity index (χ0) is 32.7. The smallest absolute Gasteiger partial charge is 0.475 e. The highest BCUT2D eigenvalue weighted by Gasteiger charge is 2.39. The first-order valence-corrected chi connectivity index (χ1v) is 13.9. The summed E-state index contributed by atoms with van der Waals surface area (Å²) in [5.41, 5.74) is 2.11. The third-order valence-corrected chi connectivity index (χ3v) is 7.18. The molecule has 0 aliphatic carbocycles. The number of nitrogens with one attached hydrogen (secondary N) is 1. The van der Waals surface area contributed by atoms with Gasteiger partial charge >= 0.3 is 24.3 Å². The number of likely N-dealkylation sites (tertiary alicyclic amines) is 1. The van der Waals surface area contributed by atoms with Crippen LogP contribution in [0, 0.1) is 5.92 Å². The molecule has 0 amide bonds. The monoisotopic (exact) mass is 636 g/mol. The highest BCUT2D eigenvalue weighted by molar-refractivity contribution is 5.83. The number of hydrogen-bond donors (Lipinski definition) is 3. The molecule has 2 fully saturated rings. The van der Waals surface area contributed by atoms with Crippen molar-refractivity contribution in [1.29, 1.82) is 0 Å². The third kappa shape index (κ3) is 9.64. The second-order valence-corrected chi connectivity index (χ2v) is 10.8. The van der Waals surface area contributed by atoms with Crippen molar-refractivity contribution in [2.24, 2.45) is 5.92 Å². The van der Waals surface area contributed by atoms with Crippen molar-refractivity contribution in [2.75, 3.05) is 32.7 Å². The number of piperidine rings is 2. The molecule has 0 bridgehead atoms. The van der Waals surface area contributed by atoms with Crippen LogP contribution in [0.2, 0.25) is 0 Å². The van der Waals surface area contributed by atoms with Crippen molar-refractivity contribution >= 4 is 22.8 Å². The second kappa shape index (κ2) is 14.8. The Balaban J connectivity index is 0.000000317. The quantitative estimate of drug-likeness (QED) is 0.328. The normalized spacial score (nSPS) is 17.1. The van der Waals surface area contributed by atoms with E-state index in [1.165, 1.54) is 32.5 Å². The molecule has 17 heteroatoms. The van der Waals surface area contributed by atoms with Gasteiger partial charge in [-0.05, 0) is 74.9 Å². The van der Waals surface area contributed by atoms with Crippen LogP contribution in [0.4, 0.5) is 26.3 Å². The number of carbonyl (C=O) groups is 2. The van der Waals surface area contributed by atoms with E-state index in [0.29, 0.717) is 17.8 Å². The van der Waals surface area contributed by atoms with Crippen molar-refractivity contribution in [3.05, 3.63) is 35.9 Å². The van der Waals surface area contributed by atoms with E-state index in [1.54, 1.807) is 0 Å². The fourth-order valence-electron chi connectivity index (χ4n) is 4.94. The molecule has 2 aliphatic rings. The van der Waals surface area contributed by atoms with E-state index in [0.717, 1.165) is 54.3 Å². The van der Waals surface area contributed by atoms with E-state index >= 15 is 0 Å². The van der Waals surface area contributed by atoms with Gasteiger partial charge in [0.15, 0.2) is 0 Å². The third-order valence-electron chi connectivity index (χ3n) is 7.18. The number of para-hydroxylation sites is 1. The van der Waals surface area contributed by atoms with Gasteiger partial charge in [0.1, 0.15) is 0 Å². The lowest BCUT2D eigenvalue weighted by Gasteiger charge is -2.34. The predicted molar refractivity (Wildman–Crippen MR) is 144 cm³/mol. The molecule has 2 aromatic heterocycles. The number of nitrogens with zero attached hydrogens (tertiary/aromatic N) is 5. The Bertz CT molecular complexity index is 1350. The number of carboxylic acid groups (broad SMARTS) is 2. The summed E-state index contributed by atoms with van der Waals surface area (Å²) >= 11 is 0. The molecule has 1 aromatic carbocycles. The van der Waals surface area contributed by atoms with Crippen LogP contribution in [0.3, 0.4) is 0 Å². The van der Waals surface area contributed by atoms with E-state index in [9.17, 15) is 26.3 Å². The maximum atomic E-state index is 10.6. The summed E-state index contributed by atoms with van der Waals surface area (Å²) in [6.45, 7) is 10.2. The van der Waals surface area contributed by atoms with Gasteiger partial charge in [0.25, 0.3) is 5.95 Å². The Morgan fingerprint density at radius 1 is 0.977 bits per heavy atom. The topological polar surface area (TPSA) is 147 Å². The summed E-state index contributed by atoms with van der Waals surface area (Å²) in [7, 11) is 0. The highest BCUT2D eigenvalue weighted by Crippen LogP contribution is 2.30. The van der Waals surface area contributed by atoms with Crippen LogP contribution in [0.15, 0.2) is 28.8 Å². The lowest BCUT2D eigenvalue weighted by molar-refractivity contribution is -0.193. The first-order valence-electron chi connectivity index (χ1n) is 13.9. The maximum absolute atomic E-state index is 10.6. The summed E-state index contributed by atoms with van der Waals surface area (Å²) in [5.74, 6) is -2.67. The van der Waals surface area contributed by atoms with Crippen LogP contribution in [0.5, 0.6) is 0 Å². The number of aromatic nitrogens is 4. The van der Waals surface area contributed by atoms with Crippen LogP contribution in [-0.2, 0) is 9.59 Å². The standard InChI is InChI=1S/C23H32N6O.2C2HF3O2/c1-16(2)21-19-5-3-4-6-20(19)29(26-21)23-25-22(30-27-23)18-9-13-28(14-10-18)15-17-7-11-24-12-8-17;2*3-2(4,5)1(6)7/h3-6,16-18,24H,7-15H2,1-2H3;2*(H,6,7). The number of halogens is 6. The molecule has 0 spiro atoms. The highest BCUT2D eigenvalue weighted by atomic mass is 19.4. The van der Waals surface area contributed by atoms with Crippen molar-refractivity contribution in [1.82, 2.24) is 30.1 Å². The average Bonchev–Trinajstić information content (AvgIpc) is 3.59. The zero-order valence-corrected chi connectivity index (χ0v) is 24.0. The minimum atomic E-state index is -5.08. The number of carboxylic acids is 2. The first kappa shape index (κ1) is 34.8. The van der Waals surface area contributed by atoms with Crippen molar-refractivity contribution in [2.45, 2.75) is 63.7 Å². The van der Waals surface area contributed by atoms with Crippen LogP contribution in [-0.4, -0.2) is 92.0 Å². The maximum Gasteiger partial charge on any atom is 0.490 e. The molecular weight excluding hydrogens is 602 g/mol. The van der Waals surface area contributed by atoms with Crippen molar-refractivity contribution < 1.29 is 50.7 Å². The minimum absolute atomic E-state index is 0.340. The molecule has 244 valence electrons. The number of fused-ring (bicyclic) bond motifs is 1. The number of benzene rings is 1. The van der Waals surface area contributed by atoms with Gasteiger partial charge in [-0.2, -0.15) is 41.1 Å². The van der Waals surface area contributed by atoms with Crippen LogP contribution >= 0.6 is 0 Å². The van der Waals surface area contributed by atoms with E-state index in [1.807, 2.05) is 10.7 Å². The Labute approximate surface area is 248 Å². The second-order valence-electron chi connectivity index (χ2n) is 10.8. The summed E-state index contributed by atoms with van der Waals surface area (Å²) in [6, 6.07) is 8.28. The van der Waals surface area contributed by atoms with E-state index < -0.39 is 24.3 Å². The van der Waals surface area contributed by atoms with Gasteiger partial charge in [0.2, 0.25) is 5.89 Å². The van der Waals surface area contributed by atoms with E-state index in [4.69, 9.17) is 34.4 Å². The molecule has 5 rings (SSSR count). The molecule has 0 saturated carbocycles. The molecule has 3 N–H and O–H groups in total. The molecule has 3 aromatic rings. The number of alkyl halides is 6. The van der Waals surface area contributed by atoms with Gasteiger partial charge in [-0.3, -0.25) is 0 Å². The summed E-state index contributed by atoms with van der Waals surface area (Å²) in [5, 5.41) is 28.0. The fourth-order valence-corrected chi connectivity index (χ4v) is 4.94.